The van der Waals surface area contributed by atoms with Gasteiger partial charge in [0.1, 0.15) is 6.04 Å². The monoisotopic (exact) mass is 266 g/mol. The van der Waals surface area contributed by atoms with Crippen LogP contribution in [0, 0.1) is 0 Å². The second-order valence-electron chi connectivity index (χ2n) is 3.59. The summed E-state index contributed by atoms with van der Waals surface area (Å²) in [6.45, 7) is 2.87. The van der Waals surface area contributed by atoms with Crippen LogP contribution in [0.2, 0.25) is 0 Å². The van der Waals surface area contributed by atoms with Gasteiger partial charge in [-0.05, 0) is 6.92 Å². The van der Waals surface area contributed by atoms with Gasteiger partial charge < -0.3 is 15.3 Å². The lowest BCUT2D eigenvalue weighted by Gasteiger charge is -2.21. The number of carboxylic acid groups (broad SMARTS) is 1. The molecule has 0 aromatic heterocycles. The third-order valence-corrected chi connectivity index (χ3v) is 4.09. The van der Waals surface area contributed by atoms with Crippen LogP contribution in [0.4, 0.5) is 4.79 Å². The molecule has 0 fully saturated rings. The molecule has 2 N–H and O–H groups in total. The van der Waals surface area contributed by atoms with E-state index in [1.165, 1.54) is 20.9 Å². The third kappa shape index (κ3) is 5.53. The third-order valence-electron chi connectivity index (χ3n) is 2.39. The number of amides is 2. The molecule has 0 aliphatic rings. The molecule has 0 radical (unpaired) electrons. The van der Waals surface area contributed by atoms with E-state index < -0.39 is 27.9 Å². The Morgan fingerprint density at radius 1 is 1.41 bits per heavy atom. The highest BCUT2D eigenvalue weighted by Crippen LogP contribution is 1.96. The van der Waals surface area contributed by atoms with E-state index in [4.69, 9.17) is 5.11 Å². The molecule has 2 amide bonds. The molecule has 0 rings (SSSR count). The quantitative estimate of drug-likeness (QED) is 0.676. The van der Waals surface area contributed by atoms with Crippen LogP contribution < -0.4 is 5.32 Å². The molecular weight excluding hydrogens is 248 g/mol. The maximum atomic E-state index is 11.4. The first-order valence-electron chi connectivity index (χ1n) is 5.15. The highest BCUT2D eigenvalue weighted by atomic mass is 32.2. The van der Waals surface area contributed by atoms with Gasteiger partial charge >= 0.3 is 12.0 Å². The van der Waals surface area contributed by atoms with Gasteiger partial charge in [-0.2, -0.15) is 0 Å². The summed E-state index contributed by atoms with van der Waals surface area (Å²) in [5.41, 5.74) is 0. The van der Waals surface area contributed by atoms with E-state index in [9.17, 15) is 18.0 Å². The number of carbonyl (C=O) groups is 2. The molecule has 0 heterocycles. The van der Waals surface area contributed by atoms with Crippen molar-refractivity contribution < 1.29 is 23.1 Å². The number of carbonyl (C=O) groups excluding carboxylic acids is 1. The maximum Gasteiger partial charge on any atom is 0.326 e. The standard InChI is InChI=1S/C9H18N2O5S/c1-4-17(15,16)6-5-10-9(14)11(3)7(2)8(12)13/h7H,4-6H2,1-3H3,(H,10,14)(H,12,13). The van der Waals surface area contributed by atoms with Gasteiger partial charge in [-0.1, -0.05) is 6.92 Å². The Bertz CT molecular complexity index is 379. The number of rotatable bonds is 6. The van der Waals surface area contributed by atoms with Gasteiger partial charge in [-0.15, -0.1) is 0 Å². The first-order valence-corrected chi connectivity index (χ1v) is 6.97. The van der Waals surface area contributed by atoms with E-state index in [2.05, 4.69) is 5.32 Å². The number of hydrogen-bond donors (Lipinski definition) is 2. The zero-order valence-electron chi connectivity index (χ0n) is 10.1. The van der Waals surface area contributed by atoms with Gasteiger partial charge in [0.25, 0.3) is 0 Å². The van der Waals surface area contributed by atoms with Crippen molar-refractivity contribution in [3.8, 4) is 0 Å². The Morgan fingerprint density at radius 2 is 1.94 bits per heavy atom. The van der Waals surface area contributed by atoms with Gasteiger partial charge in [0.05, 0.1) is 5.75 Å². The second kappa shape index (κ2) is 6.43. The Kier molecular flexibility index (Phi) is 5.94. The number of nitrogens with one attached hydrogen (secondary N) is 1. The number of nitrogens with zero attached hydrogens (tertiary/aromatic N) is 1. The van der Waals surface area contributed by atoms with Crippen LogP contribution in [0.3, 0.4) is 0 Å². The SMILES string of the molecule is CCS(=O)(=O)CCNC(=O)N(C)C(C)C(=O)O. The van der Waals surface area contributed by atoms with E-state index in [1.54, 1.807) is 0 Å². The highest BCUT2D eigenvalue weighted by molar-refractivity contribution is 7.91. The predicted octanol–water partition coefficient (Wildman–Crippen LogP) is -0.464. The molecule has 0 aliphatic carbocycles. The molecule has 0 bridgehead atoms. The Labute approximate surface area is 101 Å². The van der Waals surface area contributed by atoms with Crippen LogP contribution in [-0.4, -0.2) is 61.6 Å². The van der Waals surface area contributed by atoms with Crippen molar-refractivity contribution in [3.05, 3.63) is 0 Å². The lowest BCUT2D eigenvalue weighted by molar-refractivity contribution is -0.141. The van der Waals surface area contributed by atoms with Crippen LogP contribution in [-0.2, 0) is 14.6 Å². The Hall–Kier alpha value is -1.31. The minimum atomic E-state index is -3.13. The van der Waals surface area contributed by atoms with E-state index in [1.807, 2.05) is 0 Å². The molecule has 0 aromatic carbocycles. The van der Waals surface area contributed by atoms with E-state index >= 15 is 0 Å². The molecule has 0 aliphatic heterocycles. The largest absolute Gasteiger partial charge is 0.480 e. The molecule has 0 aromatic rings. The molecule has 0 spiro atoms. The number of urea groups is 1. The number of hydrogen-bond acceptors (Lipinski definition) is 4. The van der Waals surface area contributed by atoms with Crippen molar-refractivity contribution in [2.75, 3.05) is 25.1 Å². The average Bonchev–Trinajstić information content (AvgIpc) is 2.26. The zero-order chi connectivity index (χ0) is 13.6. The number of carboxylic acids is 1. The first kappa shape index (κ1) is 15.7. The molecule has 0 saturated carbocycles. The summed E-state index contributed by atoms with van der Waals surface area (Å²) < 4.78 is 22.3. The number of sulfone groups is 1. The molecule has 100 valence electrons. The maximum absolute atomic E-state index is 11.4. The van der Waals surface area contributed by atoms with Gasteiger partial charge in [-0.3, -0.25) is 0 Å². The van der Waals surface area contributed by atoms with Crippen molar-refractivity contribution in [2.24, 2.45) is 0 Å². The predicted molar refractivity (Wildman–Crippen MR) is 62.6 cm³/mol. The molecule has 17 heavy (non-hydrogen) atoms. The highest BCUT2D eigenvalue weighted by Gasteiger charge is 2.21. The number of likely N-dealkylation sites (N-methyl/N-ethyl adjacent to an activating group) is 1. The summed E-state index contributed by atoms with van der Waals surface area (Å²) in [7, 11) is -1.79. The lowest BCUT2D eigenvalue weighted by Crippen LogP contribution is -2.46. The normalized spacial score (nSPS) is 12.9. The van der Waals surface area contributed by atoms with Gasteiger partial charge in [-0.25, -0.2) is 18.0 Å². The molecule has 0 saturated heterocycles. The van der Waals surface area contributed by atoms with Gasteiger partial charge in [0.2, 0.25) is 0 Å². The first-order chi connectivity index (χ1) is 7.71. The fourth-order valence-corrected chi connectivity index (χ4v) is 1.63. The smallest absolute Gasteiger partial charge is 0.326 e. The van der Waals surface area contributed by atoms with Gasteiger partial charge in [0, 0.05) is 19.3 Å². The minimum absolute atomic E-state index is 0.0181. The van der Waals surface area contributed by atoms with Crippen molar-refractivity contribution in [1.82, 2.24) is 10.2 Å². The topological polar surface area (TPSA) is 104 Å². The second-order valence-corrected chi connectivity index (χ2v) is 6.07. The fourth-order valence-electron chi connectivity index (χ4n) is 0.924. The molecule has 1 atom stereocenters. The molecular formula is C9H18N2O5S. The zero-order valence-corrected chi connectivity index (χ0v) is 11.0. The van der Waals surface area contributed by atoms with E-state index in [0.717, 1.165) is 4.90 Å². The average molecular weight is 266 g/mol. The Balaban J connectivity index is 4.16. The van der Waals surface area contributed by atoms with Crippen LogP contribution >= 0.6 is 0 Å². The van der Waals surface area contributed by atoms with Crippen molar-refractivity contribution in [2.45, 2.75) is 19.9 Å². The molecule has 7 nitrogen and oxygen atoms in total. The van der Waals surface area contributed by atoms with Crippen molar-refractivity contribution >= 4 is 21.8 Å². The fraction of sp³-hybridized carbons (Fsp3) is 0.778. The van der Waals surface area contributed by atoms with Crippen LogP contribution in [0.15, 0.2) is 0 Å². The van der Waals surface area contributed by atoms with Crippen LogP contribution in [0.1, 0.15) is 13.8 Å². The Morgan fingerprint density at radius 3 is 2.35 bits per heavy atom. The summed E-state index contributed by atoms with van der Waals surface area (Å²) in [5, 5.41) is 11.0. The van der Waals surface area contributed by atoms with Crippen LogP contribution in [0.25, 0.3) is 0 Å². The van der Waals surface area contributed by atoms with Crippen molar-refractivity contribution in [3.63, 3.8) is 0 Å². The van der Waals surface area contributed by atoms with Crippen molar-refractivity contribution in [1.29, 1.82) is 0 Å². The van der Waals surface area contributed by atoms with E-state index in [0.29, 0.717) is 0 Å². The molecule has 8 heteroatoms. The van der Waals surface area contributed by atoms with E-state index in [-0.39, 0.29) is 18.1 Å². The summed E-state index contributed by atoms with van der Waals surface area (Å²) >= 11 is 0. The number of aliphatic carboxylic acids is 1. The summed E-state index contributed by atoms with van der Waals surface area (Å²) in [5.74, 6) is -1.25. The van der Waals surface area contributed by atoms with Gasteiger partial charge in [0.15, 0.2) is 9.84 Å². The summed E-state index contributed by atoms with van der Waals surface area (Å²) in [4.78, 5) is 23.0. The minimum Gasteiger partial charge on any atom is -0.480 e. The summed E-state index contributed by atoms with van der Waals surface area (Å²) in [6.07, 6.45) is 0. The lowest BCUT2D eigenvalue weighted by atomic mass is 10.3. The molecule has 1 unspecified atom stereocenters. The summed E-state index contributed by atoms with van der Waals surface area (Å²) in [6, 6.07) is -1.57. The van der Waals surface area contributed by atoms with Crippen LogP contribution in [0.5, 0.6) is 0 Å².